The van der Waals surface area contributed by atoms with E-state index >= 15 is 0 Å². The second kappa shape index (κ2) is 6.86. The highest BCUT2D eigenvalue weighted by Gasteiger charge is 2.07. The van der Waals surface area contributed by atoms with Crippen LogP contribution in [0.1, 0.15) is 19.4 Å². The first-order chi connectivity index (χ1) is 7.26. The molecule has 0 bridgehead atoms. The number of halogens is 1. The monoisotopic (exact) mass is 225 g/mol. The molecule has 0 radical (unpaired) electrons. The molecule has 0 saturated carbocycles. The lowest BCUT2D eigenvalue weighted by atomic mass is 10.1. The van der Waals surface area contributed by atoms with Crippen LogP contribution in [0.25, 0.3) is 0 Å². The van der Waals surface area contributed by atoms with Gasteiger partial charge in [0.25, 0.3) is 0 Å². The van der Waals surface area contributed by atoms with Gasteiger partial charge in [0.05, 0.1) is 0 Å². The Morgan fingerprint density at radius 1 is 1.27 bits per heavy atom. The van der Waals surface area contributed by atoms with Crippen molar-refractivity contribution in [3.05, 3.63) is 35.9 Å². The van der Waals surface area contributed by atoms with Gasteiger partial charge in [-0.3, -0.25) is 4.90 Å². The predicted octanol–water partition coefficient (Wildman–Crippen LogP) is 3.38. The van der Waals surface area contributed by atoms with Crippen LogP contribution in [0.3, 0.4) is 0 Å². The Balaban J connectivity index is 2.47. The molecule has 0 heterocycles. The third-order valence-corrected chi connectivity index (χ3v) is 3.06. The Kier molecular flexibility index (Phi) is 5.74. The average molecular weight is 226 g/mol. The summed E-state index contributed by atoms with van der Waals surface area (Å²) in [5, 5.41) is 0. The van der Waals surface area contributed by atoms with Gasteiger partial charge in [-0.15, -0.1) is 11.6 Å². The van der Waals surface area contributed by atoms with E-state index in [2.05, 4.69) is 49.1 Å². The summed E-state index contributed by atoms with van der Waals surface area (Å²) >= 11 is 5.83. The highest BCUT2D eigenvalue weighted by Crippen LogP contribution is 2.08. The smallest absolute Gasteiger partial charge is 0.0261 e. The van der Waals surface area contributed by atoms with Crippen LogP contribution in [0, 0.1) is 5.92 Å². The second-order valence-electron chi connectivity index (χ2n) is 4.07. The summed E-state index contributed by atoms with van der Waals surface area (Å²) in [6, 6.07) is 10.6. The van der Waals surface area contributed by atoms with E-state index in [0.29, 0.717) is 5.92 Å². The van der Waals surface area contributed by atoms with Gasteiger partial charge in [0.15, 0.2) is 0 Å². The number of rotatable bonds is 6. The number of nitrogens with zero attached hydrogens (tertiary/aromatic N) is 1. The van der Waals surface area contributed by atoms with E-state index in [1.165, 1.54) is 5.56 Å². The van der Waals surface area contributed by atoms with Gasteiger partial charge in [-0.25, -0.2) is 0 Å². The van der Waals surface area contributed by atoms with Crippen molar-refractivity contribution in [3.8, 4) is 0 Å². The van der Waals surface area contributed by atoms with E-state index < -0.39 is 0 Å². The first-order valence-electron chi connectivity index (χ1n) is 5.58. The van der Waals surface area contributed by atoms with Gasteiger partial charge in [0, 0.05) is 19.0 Å². The van der Waals surface area contributed by atoms with Gasteiger partial charge in [-0.1, -0.05) is 44.2 Å². The zero-order chi connectivity index (χ0) is 11.1. The summed E-state index contributed by atoms with van der Waals surface area (Å²) in [5.74, 6) is 1.31. The molecule has 1 unspecified atom stereocenters. The fraction of sp³-hybridized carbons (Fsp3) is 0.538. The zero-order valence-corrected chi connectivity index (χ0v) is 10.4. The molecular formula is C13H20ClN. The van der Waals surface area contributed by atoms with Crippen LogP contribution in [0.4, 0.5) is 0 Å². The van der Waals surface area contributed by atoms with Crippen molar-refractivity contribution >= 4 is 11.6 Å². The van der Waals surface area contributed by atoms with E-state index in [0.717, 1.165) is 25.5 Å². The normalized spacial score (nSPS) is 13.1. The third-order valence-electron chi connectivity index (χ3n) is 2.53. The minimum atomic E-state index is 0.565. The quantitative estimate of drug-likeness (QED) is 0.671. The summed E-state index contributed by atoms with van der Waals surface area (Å²) < 4.78 is 0. The third kappa shape index (κ3) is 4.67. The number of benzene rings is 1. The second-order valence-corrected chi connectivity index (χ2v) is 4.38. The van der Waals surface area contributed by atoms with Gasteiger partial charge >= 0.3 is 0 Å². The van der Waals surface area contributed by atoms with Crippen molar-refractivity contribution in [2.24, 2.45) is 5.92 Å². The van der Waals surface area contributed by atoms with Crippen molar-refractivity contribution in [2.45, 2.75) is 20.4 Å². The molecule has 0 amide bonds. The standard InChI is InChI=1S/C13H20ClN/c1-3-15(10-12(2)9-14)11-13-7-5-4-6-8-13/h4-8,12H,3,9-11H2,1-2H3. The Morgan fingerprint density at radius 3 is 2.47 bits per heavy atom. The summed E-state index contributed by atoms with van der Waals surface area (Å²) in [5.41, 5.74) is 1.38. The fourth-order valence-corrected chi connectivity index (χ4v) is 1.73. The average Bonchev–Trinajstić information content (AvgIpc) is 2.29. The van der Waals surface area contributed by atoms with Crippen LogP contribution in [-0.2, 0) is 6.54 Å². The summed E-state index contributed by atoms with van der Waals surface area (Å²) in [4.78, 5) is 2.43. The fourth-order valence-electron chi connectivity index (χ4n) is 1.64. The van der Waals surface area contributed by atoms with E-state index in [4.69, 9.17) is 11.6 Å². The minimum absolute atomic E-state index is 0.565. The highest BCUT2D eigenvalue weighted by atomic mass is 35.5. The van der Waals surface area contributed by atoms with E-state index in [1.54, 1.807) is 0 Å². The number of alkyl halides is 1. The molecule has 84 valence electrons. The van der Waals surface area contributed by atoms with Crippen molar-refractivity contribution in [1.82, 2.24) is 4.90 Å². The molecule has 0 aliphatic rings. The molecule has 0 aliphatic heterocycles. The Morgan fingerprint density at radius 2 is 1.93 bits per heavy atom. The molecule has 1 aromatic rings. The topological polar surface area (TPSA) is 3.24 Å². The van der Waals surface area contributed by atoms with Crippen molar-refractivity contribution < 1.29 is 0 Å². The molecule has 0 fully saturated rings. The largest absolute Gasteiger partial charge is 0.299 e. The lowest BCUT2D eigenvalue weighted by molar-refractivity contribution is 0.249. The van der Waals surface area contributed by atoms with E-state index in [-0.39, 0.29) is 0 Å². The molecule has 15 heavy (non-hydrogen) atoms. The molecular weight excluding hydrogens is 206 g/mol. The molecule has 0 saturated heterocycles. The Bertz CT molecular complexity index is 260. The minimum Gasteiger partial charge on any atom is -0.299 e. The van der Waals surface area contributed by atoms with Crippen LogP contribution in [0.15, 0.2) is 30.3 Å². The summed E-state index contributed by atoms with van der Waals surface area (Å²) in [7, 11) is 0. The molecule has 0 spiro atoms. The molecule has 1 aromatic carbocycles. The van der Waals surface area contributed by atoms with Crippen LogP contribution in [-0.4, -0.2) is 23.9 Å². The van der Waals surface area contributed by atoms with Gasteiger partial charge in [0.1, 0.15) is 0 Å². The Hall–Kier alpha value is -0.530. The predicted molar refractivity (Wildman–Crippen MR) is 67.3 cm³/mol. The van der Waals surface area contributed by atoms with Crippen molar-refractivity contribution in [3.63, 3.8) is 0 Å². The maximum absolute atomic E-state index is 5.83. The van der Waals surface area contributed by atoms with Crippen LogP contribution in [0.5, 0.6) is 0 Å². The van der Waals surface area contributed by atoms with Gasteiger partial charge in [-0.2, -0.15) is 0 Å². The molecule has 0 N–H and O–H groups in total. The van der Waals surface area contributed by atoms with Gasteiger partial charge in [0.2, 0.25) is 0 Å². The van der Waals surface area contributed by atoms with E-state index in [9.17, 15) is 0 Å². The molecule has 0 aliphatic carbocycles. The molecule has 1 atom stereocenters. The first kappa shape index (κ1) is 12.5. The maximum atomic E-state index is 5.83. The lowest BCUT2D eigenvalue weighted by Gasteiger charge is -2.23. The summed E-state index contributed by atoms with van der Waals surface area (Å²) in [6.07, 6.45) is 0. The zero-order valence-electron chi connectivity index (χ0n) is 9.62. The van der Waals surface area contributed by atoms with Gasteiger partial charge < -0.3 is 0 Å². The molecule has 1 nitrogen and oxygen atoms in total. The molecule has 1 rings (SSSR count). The van der Waals surface area contributed by atoms with Crippen LogP contribution >= 0.6 is 11.6 Å². The maximum Gasteiger partial charge on any atom is 0.0261 e. The highest BCUT2D eigenvalue weighted by molar-refractivity contribution is 6.18. The molecule has 0 aromatic heterocycles. The van der Waals surface area contributed by atoms with E-state index in [1.807, 2.05) is 0 Å². The first-order valence-corrected chi connectivity index (χ1v) is 6.12. The SMILES string of the molecule is CCN(Cc1ccccc1)CC(C)CCl. The summed E-state index contributed by atoms with van der Waals surface area (Å²) in [6.45, 7) is 7.58. The lowest BCUT2D eigenvalue weighted by Crippen LogP contribution is -2.28. The number of hydrogen-bond donors (Lipinski definition) is 0. The van der Waals surface area contributed by atoms with Crippen molar-refractivity contribution in [1.29, 1.82) is 0 Å². The Labute approximate surface area is 98.0 Å². The van der Waals surface area contributed by atoms with Crippen LogP contribution < -0.4 is 0 Å². The van der Waals surface area contributed by atoms with Crippen molar-refractivity contribution in [2.75, 3.05) is 19.0 Å². The van der Waals surface area contributed by atoms with Gasteiger partial charge in [-0.05, 0) is 18.0 Å². The number of hydrogen-bond acceptors (Lipinski definition) is 1. The molecule has 2 heteroatoms. The van der Waals surface area contributed by atoms with Crippen LogP contribution in [0.2, 0.25) is 0 Å².